The molecule has 3 unspecified atom stereocenters. The molecule has 3 aliphatic rings. The van der Waals surface area contributed by atoms with Gasteiger partial charge in [0.15, 0.2) is 5.60 Å². The summed E-state index contributed by atoms with van der Waals surface area (Å²) in [6.45, 7) is 1.58. The maximum Gasteiger partial charge on any atom is 0.339 e. The highest BCUT2D eigenvalue weighted by Gasteiger charge is 2.61. The number of carbonyl (C=O) groups is 2. The van der Waals surface area contributed by atoms with E-state index in [-0.39, 0.29) is 66.9 Å². The normalized spacial score (nSPS) is 24.4. The van der Waals surface area contributed by atoms with Crippen LogP contribution in [-0.4, -0.2) is 33.4 Å². The summed E-state index contributed by atoms with van der Waals surface area (Å²) >= 11 is 25.4. The monoisotopic (exact) mass is 556 g/mol. The molecule has 0 aromatic heterocycles. The van der Waals surface area contributed by atoms with Crippen molar-refractivity contribution in [2.24, 2.45) is 5.92 Å². The number of benzene rings is 2. The molecule has 1 aliphatic carbocycles. The van der Waals surface area contributed by atoms with Crippen molar-refractivity contribution in [2.45, 2.75) is 31.5 Å². The zero-order valence-electron chi connectivity index (χ0n) is 17.9. The number of rotatable bonds is 3. The fraction of sp³-hybridized carbons (Fsp3) is 0.250. The number of aliphatic carboxylic acids is 1. The number of fused-ring (bicyclic) bond motifs is 6. The van der Waals surface area contributed by atoms with E-state index in [9.17, 15) is 19.8 Å². The van der Waals surface area contributed by atoms with Gasteiger partial charge in [-0.3, -0.25) is 4.79 Å². The first-order valence-corrected chi connectivity index (χ1v) is 11.9. The number of aliphatic hydroxyl groups is 1. The van der Waals surface area contributed by atoms with Gasteiger partial charge in [0.1, 0.15) is 28.4 Å². The molecule has 0 fully saturated rings. The van der Waals surface area contributed by atoms with E-state index in [2.05, 4.69) is 0 Å². The summed E-state index contributed by atoms with van der Waals surface area (Å²) in [4.78, 5) is 24.3. The minimum Gasteiger partial charge on any atom is -0.506 e. The topological polar surface area (TPSA) is 113 Å². The maximum atomic E-state index is 13.1. The fourth-order valence-electron chi connectivity index (χ4n) is 4.94. The summed E-state index contributed by atoms with van der Waals surface area (Å²) in [6.07, 6.45) is 0.267. The Morgan fingerprint density at radius 3 is 2.40 bits per heavy atom. The number of phenolic OH excluding ortho intramolecular Hbond substituents is 1. The number of allylic oxidation sites excluding steroid dienone is 1. The van der Waals surface area contributed by atoms with Gasteiger partial charge in [-0.25, -0.2) is 4.79 Å². The third kappa shape index (κ3) is 3.40. The molecule has 7 nitrogen and oxygen atoms in total. The first kappa shape index (κ1) is 24.1. The molecule has 5 rings (SSSR count). The van der Waals surface area contributed by atoms with Crippen LogP contribution in [0.15, 0.2) is 40.6 Å². The van der Waals surface area contributed by atoms with Crippen LogP contribution >= 0.6 is 46.4 Å². The molecule has 35 heavy (non-hydrogen) atoms. The summed E-state index contributed by atoms with van der Waals surface area (Å²) in [5.74, 6) is -2.95. The quantitative estimate of drug-likeness (QED) is 0.381. The van der Waals surface area contributed by atoms with Crippen molar-refractivity contribution in [2.75, 3.05) is 0 Å². The number of esters is 1. The fourth-order valence-corrected chi connectivity index (χ4v) is 5.82. The first-order chi connectivity index (χ1) is 16.5. The summed E-state index contributed by atoms with van der Waals surface area (Å²) in [5.41, 5.74) is -0.156. The molecular formula is C24H16Cl4O7. The molecule has 2 aliphatic heterocycles. The summed E-state index contributed by atoms with van der Waals surface area (Å²) in [6, 6.07) is 4.36. The molecule has 1 spiro atoms. The van der Waals surface area contributed by atoms with Gasteiger partial charge in [0.05, 0.1) is 26.5 Å². The third-order valence-corrected chi connectivity index (χ3v) is 7.99. The van der Waals surface area contributed by atoms with E-state index in [1.165, 1.54) is 18.2 Å². The lowest BCUT2D eigenvalue weighted by atomic mass is 9.68. The molecule has 0 saturated carbocycles. The lowest BCUT2D eigenvalue weighted by Crippen LogP contribution is -2.50. The number of ether oxygens (including phenoxy) is 2. The SMILES string of the molecule is Cc1c(O)c(Cl)cc2c1OC1C(Cl)=C(O)C(CCC(=O)O)=CC1C21OC(=O)c2cc(Cl)c(Cl)cc21. The predicted molar refractivity (Wildman–Crippen MR) is 129 cm³/mol. The van der Waals surface area contributed by atoms with Crippen LogP contribution in [0.5, 0.6) is 11.5 Å². The number of aromatic hydroxyl groups is 1. The Morgan fingerprint density at radius 1 is 1.06 bits per heavy atom. The van der Waals surface area contributed by atoms with Crippen molar-refractivity contribution in [3.8, 4) is 11.5 Å². The van der Waals surface area contributed by atoms with Gasteiger partial charge in [0, 0.05) is 23.1 Å². The zero-order valence-corrected chi connectivity index (χ0v) is 20.9. The third-order valence-electron chi connectivity index (χ3n) is 6.58. The molecule has 0 radical (unpaired) electrons. The number of halogens is 4. The number of hydrogen-bond donors (Lipinski definition) is 3. The van der Waals surface area contributed by atoms with Crippen LogP contribution in [-0.2, 0) is 15.1 Å². The average Bonchev–Trinajstić information content (AvgIpc) is 3.07. The van der Waals surface area contributed by atoms with Crippen LogP contribution in [0.25, 0.3) is 0 Å². The predicted octanol–water partition coefficient (Wildman–Crippen LogP) is 6.27. The number of hydrogen-bond acceptors (Lipinski definition) is 6. The molecule has 2 aromatic rings. The molecule has 182 valence electrons. The van der Waals surface area contributed by atoms with Crippen LogP contribution in [0, 0.1) is 12.8 Å². The first-order valence-electron chi connectivity index (χ1n) is 10.4. The van der Waals surface area contributed by atoms with E-state index in [0.29, 0.717) is 11.1 Å². The van der Waals surface area contributed by atoms with Gasteiger partial charge in [-0.2, -0.15) is 0 Å². The van der Waals surface area contributed by atoms with Crippen molar-refractivity contribution in [3.05, 3.63) is 78.0 Å². The summed E-state index contributed by atoms with van der Waals surface area (Å²) in [7, 11) is 0. The molecule has 0 bridgehead atoms. The smallest absolute Gasteiger partial charge is 0.339 e. The molecule has 3 N–H and O–H groups in total. The Kier molecular flexibility index (Phi) is 5.68. The van der Waals surface area contributed by atoms with Gasteiger partial charge in [0.2, 0.25) is 0 Å². The molecule has 2 aromatic carbocycles. The number of aliphatic hydroxyl groups excluding tert-OH is 1. The van der Waals surface area contributed by atoms with Crippen molar-refractivity contribution >= 4 is 58.3 Å². The largest absolute Gasteiger partial charge is 0.506 e. The van der Waals surface area contributed by atoms with Crippen molar-refractivity contribution in [1.82, 2.24) is 0 Å². The minimum atomic E-state index is -1.57. The van der Waals surface area contributed by atoms with E-state index in [1.54, 1.807) is 13.0 Å². The van der Waals surface area contributed by atoms with Crippen LogP contribution in [0.3, 0.4) is 0 Å². The molecule has 0 amide bonds. The maximum absolute atomic E-state index is 13.1. The van der Waals surface area contributed by atoms with Crippen LogP contribution in [0.4, 0.5) is 0 Å². The van der Waals surface area contributed by atoms with Crippen LogP contribution < -0.4 is 4.74 Å². The lowest BCUT2D eigenvalue weighted by Gasteiger charge is -2.47. The Labute approximate surface area is 219 Å². The number of carboxylic acids is 1. The van der Waals surface area contributed by atoms with Gasteiger partial charge in [-0.05, 0) is 37.1 Å². The number of carbonyl (C=O) groups excluding carboxylic acids is 1. The van der Waals surface area contributed by atoms with E-state index in [1.807, 2.05) is 0 Å². The second-order valence-electron chi connectivity index (χ2n) is 8.49. The molecule has 11 heteroatoms. The van der Waals surface area contributed by atoms with Gasteiger partial charge in [-0.15, -0.1) is 0 Å². The molecule has 3 atom stereocenters. The van der Waals surface area contributed by atoms with Crippen LogP contribution in [0.1, 0.15) is 39.9 Å². The second-order valence-corrected chi connectivity index (χ2v) is 10.1. The average molecular weight is 558 g/mol. The standard InChI is InChI=1S/C24H16Cl4O7/c1-8-19(31)16(27)7-13-21(8)34-22-12(4-9(2-3-17(29)30)20(32)18(22)28)24(13)11-6-15(26)14(25)5-10(11)23(33)35-24/h4-7,12,22,31-32H,2-3H2,1H3,(H,29,30). The second kappa shape index (κ2) is 8.23. The van der Waals surface area contributed by atoms with Crippen molar-refractivity contribution < 1.29 is 34.4 Å². The molecule has 2 heterocycles. The van der Waals surface area contributed by atoms with Crippen LogP contribution in [0.2, 0.25) is 15.1 Å². The van der Waals surface area contributed by atoms with E-state index in [4.69, 9.17) is 61.0 Å². The summed E-state index contributed by atoms with van der Waals surface area (Å²) in [5, 5.41) is 30.6. The Bertz CT molecular complexity index is 1400. The van der Waals surface area contributed by atoms with Crippen molar-refractivity contribution in [3.63, 3.8) is 0 Å². The van der Waals surface area contributed by atoms with E-state index in [0.717, 1.165) is 0 Å². The van der Waals surface area contributed by atoms with Gasteiger partial charge in [-0.1, -0.05) is 52.5 Å². The molecule has 0 saturated heterocycles. The minimum absolute atomic E-state index is 0.00242. The van der Waals surface area contributed by atoms with Crippen molar-refractivity contribution in [1.29, 1.82) is 0 Å². The Morgan fingerprint density at radius 2 is 1.71 bits per heavy atom. The highest BCUT2D eigenvalue weighted by atomic mass is 35.5. The highest BCUT2D eigenvalue weighted by Crippen LogP contribution is 2.60. The Balaban J connectivity index is 1.84. The number of phenols is 1. The van der Waals surface area contributed by atoms with Gasteiger partial charge in [0.25, 0.3) is 0 Å². The van der Waals surface area contributed by atoms with E-state index >= 15 is 0 Å². The zero-order chi connectivity index (χ0) is 25.4. The summed E-state index contributed by atoms with van der Waals surface area (Å²) < 4.78 is 12.2. The number of carboxylic acid groups (broad SMARTS) is 1. The highest BCUT2D eigenvalue weighted by molar-refractivity contribution is 6.42. The van der Waals surface area contributed by atoms with Gasteiger partial charge >= 0.3 is 11.9 Å². The Hall–Kier alpha value is -2.58. The molecular weight excluding hydrogens is 542 g/mol. The van der Waals surface area contributed by atoms with E-state index < -0.39 is 29.6 Å². The van der Waals surface area contributed by atoms with Gasteiger partial charge < -0.3 is 24.8 Å². The lowest BCUT2D eigenvalue weighted by molar-refractivity contribution is -0.136.